The second-order valence-electron chi connectivity index (χ2n) is 7.21. The van der Waals surface area contributed by atoms with Gasteiger partial charge in [-0.05, 0) is 23.6 Å². The summed E-state index contributed by atoms with van der Waals surface area (Å²) in [6.07, 6.45) is 3.31. The molecule has 0 saturated heterocycles. The van der Waals surface area contributed by atoms with Gasteiger partial charge in [-0.25, -0.2) is 4.39 Å². The fourth-order valence-electron chi connectivity index (χ4n) is 2.42. The molecule has 0 saturated carbocycles. The number of benzene rings is 1. The van der Waals surface area contributed by atoms with Crippen LogP contribution in [-0.4, -0.2) is 10.4 Å². The van der Waals surface area contributed by atoms with E-state index in [1.165, 1.54) is 39.4 Å². The molecule has 2 heterocycles. The molecule has 1 aromatic carbocycles. The maximum atomic E-state index is 14.1. The van der Waals surface area contributed by atoms with Crippen LogP contribution < -0.4 is 14.8 Å². The number of carbonyl (C=O) groups excluding carboxylic acids is 1. The summed E-state index contributed by atoms with van der Waals surface area (Å²) < 4.78 is 16.6. The van der Waals surface area contributed by atoms with Gasteiger partial charge in [0, 0.05) is 21.9 Å². The lowest BCUT2D eigenvalue weighted by Gasteiger charge is -2.13. The number of hydrogen-bond acceptors (Lipinski definition) is 4. The SMILES string of the molecule is CC(C)(C)C(=O)/C=c1\s/c(=C\c2cccs2)c(=O)n1Cc1ccccc1F. The van der Waals surface area contributed by atoms with Crippen LogP contribution in [0.5, 0.6) is 0 Å². The summed E-state index contributed by atoms with van der Waals surface area (Å²) in [5.41, 5.74) is -0.358. The molecule has 0 spiro atoms. The molecule has 27 heavy (non-hydrogen) atoms. The fraction of sp³-hybridized carbons (Fsp3) is 0.238. The van der Waals surface area contributed by atoms with E-state index in [0.717, 1.165) is 4.88 Å². The molecule has 0 aliphatic rings. The molecule has 0 amide bonds. The molecule has 3 nitrogen and oxygen atoms in total. The third-order valence-electron chi connectivity index (χ3n) is 4.03. The Morgan fingerprint density at radius 2 is 1.93 bits per heavy atom. The van der Waals surface area contributed by atoms with E-state index in [4.69, 9.17) is 0 Å². The van der Waals surface area contributed by atoms with Crippen LogP contribution >= 0.6 is 22.7 Å². The standard InChI is InChI=1S/C21H20FNO2S2/c1-21(2,3)18(24)12-19-23(13-14-7-4-5-9-16(14)22)20(25)17(27-19)11-15-8-6-10-26-15/h4-12H,13H2,1-3H3/b17-11-,19-12-. The Morgan fingerprint density at radius 1 is 1.19 bits per heavy atom. The van der Waals surface area contributed by atoms with Crippen LogP contribution in [0.25, 0.3) is 12.2 Å². The molecule has 0 radical (unpaired) electrons. The van der Waals surface area contributed by atoms with E-state index in [9.17, 15) is 14.0 Å². The van der Waals surface area contributed by atoms with Crippen molar-refractivity contribution >= 4 is 40.6 Å². The molecular formula is C21H20FNO2S2. The van der Waals surface area contributed by atoms with E-state index in [-0.39, 0.29) is 23.7 Å². The zero-order chi connectivity index (χ0) is 19.6. The summed E-state index contributed by atoms with van der Waals surface area (Å²) in [4.78, 5) is 26.4. The van der Waals surface area contributed by atoms with E-state index >= 15 is 0 Å². The van der Waals surface area contributed by atoms with Crippen LogP contribution in [0.1, 0.15) is 31.2 Å². The molecule has 0 aliphatic heterocycles. The summed E-state index contributed by atoms with van der Waals surface area (Å²) >= 11 is 2.79. The van der Waals surface area contributed by atoms with Crippen molar-refractivity contribution in [1.29, 1.82) is 0 Å². The number of halogens is 1. The van der Waals surface area contributed by atoms with Crippen molar-refractivity contribution in [2.24, 2.45) is 5.41 Å². The van der Waals surface area contributed by atoms with Crippen LogP contribution in [0.3, 0.4) is 0 Å². The van der Waals surface area contributed by atoms with Gasteiger partial charge in [0.15, 0.2) is 5.78 Å². The average Bonchev–Trinajstić information content (AvgIpc) is 3.20. The van der Waals surface area contributed by atoms with Crippen LogP contribution in [0.2, 0.25) is 0 Å². The molecule has 3 rings (SSSR count). The van der Waals surface area contributed by atoms with Gasteiger partial charge in [0.1, 0.15) is 10.5 Å². The van der Waals surface area contributed by atoms with Crippen LogP contribution in [-0.2, 0) is 11.3 Å². The summed E-state index contributed by atoms with van der Waals surface area (Å²) in [5.74, 6) is -0.443. The molecule has 0 bridgehead atoms. The zero-order valence-corrected chi connectivity index (χ0v) is 17.0. The maximum absolute atomic E-state index is 14.1. The summed E-state index contributed by atoms with van der Waals surface area (Å²) in [5, 5.41) is 1.94. The monoisotopic (exact) mass is 401 g/mol. The Labute approximate surface area is 164 Å². The molecule has 6 heteroatoms. The lowest BCUT2D eigenvalue weighted by molar-refractivity contribution is -0.120. The number of Topliss-reactive ketones (excluding diaryl/α,β-unsaturated/α-hetero) is 1. The minimum atomic E-state index is -0.555. The molecule has 0 fully saturated rings. The second kappa shape index (κ2) is 7.74. The van der Waals surface area contributed by atoms with Gasteiger partial charge in [-0.15, -0.1) is 22.7 Å². The Bertz CT molecular complexity index is 1130. The first-order valence-corrected chi connectivity index (χ1v) is 10.2. The smallest absolute Gasteiger partial charge is 0.269 e. The van der Waals surface area contributed by atoms with E-state index in [1.54, 1.807) is 18.2 Å². The molecule has 3 aromatic rings. The Hall–Kier alpha value is -2.31. The number of rotatable bonds is 4. The van der Waals surface area contributed by atoms with Gasteiger partial charge in [-0.1, -0.05) is 45.0 Å². The number of aromatic nitrogens is 1. The topological polar surface area (TPSA) is 39.1 Å². The Morgan fingerprint density at radius 3 is 2.56 bits per heavy atom. The number of ketones is 1. The van der Waals surface area contributed by atoms with Crippen molar-refractivity contribution in [2.75, 3.05) is 0 Å². The summed E-state index contributed by atoms with van der Waals surface area (Å²) in [7, 11) is 0. The van der Waals surface area contributed by atoms with Crippen molar-refractivity contribution in [3.05, 3.63) is 77.6 Å². The van der Waals surface area contributed by atoms with Crippen molar-refractivity contribution in [1.82, 2.24) is 4.57 Å². The third kappa shape index (κ3) is 4.51. The van der Waals surface area contributed by atoms with Gasteiger partial charge < -0.3 is 0 Å². The summed E-state index contributed by atoms with van der Waals surface area (Å²) in [6, 6.07) is 10.2. The maximum Gasteiger partial charge on any atom is 0.269 e. The molecule has 140 valence electrons. The fourth-order valence-corrected chi connectivity index (χ4v) is 4.19. The van der Waals surface area contributed by atoms with Gasteiger partial charge in [-0.3, -0.25) is 14.2 Å². The predicted octanol–water partition coefficient (Wildman–Crippen LogP) is 3.38. The number of thiazole rings is 1. The predicted molar refractivity (Wildman–Crippen MR) is 110 cm³/mol. The first kappa shape index (κ1) is 19.5. The van der Waals surface area contributed by atoms with Crippen molar-refractivity contribution in [3.63, 3.8) is 0 Å². The van der Waals surface area contributed by atoms with Crippen molar-refractivity contribution in [2.45, 2.75) is 27.3 Å². The van der Waals surface area contributed by atoms with Crippen LogP contribution in [0, 0.1) is 11.2 Å². The number of nitrogens with zero attached hydrogens (tertiary/aromatic N) is 1. The highest BCUT2D eigenvalue weighted by Gasteiger charge is 2.19. The van der Waals surface area contributed by atoms with Gasteiger partial charge in [0.2, 0.25) is 0 Å². The highest BCUT2D eigenvalue weighted by molar-refractivity contribution is 7.11. The largest absolute Gasteiger partial charge is 0.294 e. The lowest BCUT2D eigenvalue weighted by atomic mass is 9.91. The first-order valence-electron chi connectivity index (χ1n) is 8.50. The van der Waals surface area contributed by atoms with E-state index < -0.39 is 5.41 Å². The summed E-state index contributed by atoms with van der Waals surface area (Å²) in [6.45, 7) is 5.58. The molecule has 2 aromatic heterocycles. The van der Waals surface area contributed by atoms with Gasteiger partial charge in [-0.2, -0.15) is 0 Å². The van der Waals surface area contributed by atoms with Gasteiger partial charge >= 0.3 is 0 Å². The molecule has 0 unspecified atom stereocenters. The van der Waals surface area contributed by atoms with Crippen molar-refractivity contribution < 1.29 is 9.18 Å². The normalized spacial score (nSPS) is 13.3. The van der Waals surface area contributed by atoms with E-state index in [1.807, 2.05) is 44.4 Å². The van der Waals surface area contributed by atoms with E-state index in [2.05, 4.69) is 0 Å². The molecule has 0 atom stereocenters. The molecular weight excluding hydrogens is 381 g/mol. The number of carbonyl (C=O) groups is 1. The highest BCUT2D eigenvalue weighted by Crippen LogP contribution is 2.15. The van der Waals surface area contributed by atoms with E-state index in [0.29, 0.717) is 14.8 Å². The minimum Gasteiger partial charge on any atom is -0.294 e. The van der Waals surface area contributed by atoms with Crippen LogP contribution in [0.4, 0.5) is 4.39 Å². The quantitative estimate of drug-likeness (QED) is 0.672. The van der Waals surface area contributed by atoms with Crippen molar-refractivity contribution in [3.8, 4) is 0 Å². The Kier molecular flexibility index (Phi) is 5.58. The number of hydrogen-bond donors (Lipinski definition) is 0. The molecule has 0 aliphatic carbocycles. The number of thiophene rings is 1. The second-order valence-corrected chi connectivity index (χ2v) is 9.25. The van der Waals surface area contributed by atoms with Gasteiger partial charge in [0.25, 0.3) is 5.56 Å². The van der Waals surface area contributed by atoms with Crippen LogP contribution in [0.15, 0.2) is 46.6 Å². The first-order chi connectivity index (χ1) is 12.8. The Balaban J connectivity index is 2.19. The zero-order valence-electron chi connectivity index (χ0n) is 15.4. The third-order valence-corrected chi connectivity index (χ3v) is 5.91. The minimum absolute atomic E-state index is 0.0753. The van der Waals surface area contributed by atoms with Gasteiger partial charge in [0.05, 0.1) is 11.1 Å². The molecule has 0 N–H and O–H groups in total. The average molecular weight is 402 g/mol. The highest BCUT2D eigenvalue weighted by atomic mass is 32.1. The lowest BCUT2D eigenvalue weighted by Crippen LogP contribution is -2.33.